The summed E-state index contributed by atoms with van der Waals surface area (Å²) in [5.74, 6) is 0. The van der Waals surface area contributed by atoms with Crippen LogP contribution < -0.4 is 22.9 Å². The topological polar surface area (TPSA) is 104 Å². The van der Waals surface area contributed by atoms with Crippen LogP contribution in [0, 0.1) is 0 Å². The van der Waals surface area contributed by atoms with Gasteiger partial charge in [0.2, 0.25) is 0 Å². The largest absolute Gasteiger partial charge is 0.322 e. The molecule has 2 aromatic carbocycles. The lowest BCUT2D eigenvalue weighted by Gasteiger charge is -2.22. The molecule has 8 N–H and O–H groups in total. The van der Waals surface area contributed by atoms with Crippen LogP contribution in [0.3, 0.4) is 0 Å². The molecule has 126 valence electrons. The lowest BCUT2D eigenvalue weighted by atomic mass is 9.92. The van der Waals surface area contributed by atoms with Crippen LogP contribution in [0.2, 0.25) is 0 Å². The van der Waals surface area contributed by atoms with Crippen LogP contribution in [0.4, 0.5) is 0 Å². The van der Waals surface area contributed by atoms with Gasteiger partial charge in [0.1, 0.15) is 0 Å². The molecular formula is C20H26N4. The quantitative estimate of drug-likeness (QED) is 0.678. The first-order chi connectivity index (χ1) is 11.4. The third-order valence-electron chi connectivity index (χ3n) is 5.71. The van der Waals surface area contributed by atoms with Gasteiger partial charge in [0.15, 0.2) is 0 Å². The average Bonchev–Trinajstić information content (AvgIpc) is 3.54. The number of nitrogens with two attached hydrogens (primary N) is 4. The van der Waals surface area contributed by atoms with E-state index in [9.17, 15) is 0 Å². The van der Waals surface area contributed by atoms with Crippen molar-refractivity contribution in [2.45, 2.75) is 48.8 Å². The van der Waals surface area contributed by atoms with Gasteiger partial charge in [-0.3, -0.25) is 0 Å². The van der Waals surface area contributed by atoms with Gasteiger partial charge in [-0.1, -0.05) is 48.5 Å². The van der Waals surface area contributed by atoms with Gasteiger partial charge in [-0.2, -0.15) is 0 Å². The summed E-state index contributed by atoms with van der Waals surface area (Å²) < 4.78 is 0. The minimum absolute atomic E-state index is 0.110. The maximum Gasteiger partial charge on any atom is 0.0491 e. The summed E-state index contributed by atoms with van der Waals surface area (Å²) in [6.45, 7) is 0. The second kappa shape index (κ2) is 5.39. The van der Waals surface area contributed by atoms with Crippen molar-refractivity contribution in [2.24, 2.45) is 22.9 Å². The minimum Gasteiger partial charge on any atom is -0.322 e. The fraction of sp³-hybridized carbons (Fsp3) is 0.400. The van der Waals surface area contributed by atoms with Crippen LogP contribution >= 0.6 is 0 Å². The predicted octanol–water partition coefficient (Wildman–Crippen LogP) is 2.28. The molecule has 2 fully saturated rings. The Kier molecular flexibility index (Phi) is 3.55. The van der Waals surface area contributed by atoms with Gasteiger partial charge < -0.3 is 22.9 Å². The zero-order chi connectivity index (χ0) is 16.9. The first-order valence-corrected chi connectivity index (χ1v) is 8.71. The van der Waals surface area contributed by atoms with Crippen molar-refractivity contribution < 1.29 is 0 Å². The highest BCUT2D eigenvalue weighted by atomic mass is 14.8. The van der Waals surface area contributed by atoms with E-state index in [4.69, 9.17) is 22.9 Å². The molecule has 2 saturated carbocycles. The molecule has 0 spiro atoms. The third kappa shape index (κ3) is 2.76. The summed E-state index contributed by atoms with van der Waals surface area (Å²) in [6, 6.07) is 16.1. The van der Waals surface area contributed by atoms with Crippen LogP contribution in [0.15, 0.2) is 48.5 Å². The molecule has 4 heteroatoms. The lowest BCUT2D eigenvalue weighted by Crippen LogP contribution is -2.27. The zero-order valence-corrected chi connectivity index (χ0v) is 13.9. The molecule has 0 amide bonds. The van der Waals surface area contributed by atoms with E-state index < -0.39 is 0 Å². The van der Waals surface area contributed by atoms with E-state index in [0.717, 1.165) is 36.8 Å². The minimum atomic E-state index is -0.245. The molecule has 24 heavy (non-hydrogen) atoms. The predicted molar refractivity (Wildman–Crippen MR) is 96.9 cm³/mol. The SMILES string of the molecule is N[C@@H](c1ccc(C2(N)CC2)cc1)[C@@H](N)c1ccc(C2(N)CC2)cc1. The molecular weight excluding hydrogens is 296 g/mol. The van der Waals surface area contributed by atoms with Crippen LogP contribution in [-0.2, 0) is 11.1 Å². The van der Waals surface area contributed by atoms with Crippen LogP contribution in [0.1, 0.15) is 60.0 Å². The van der Waals surface area contributed by atoms with Crippen molar-refractivity contribution in [1.29, 1.82) is 0 Å². The maximum absolute atomic E-state index is 6.40. The molecule has 2 atom stereocenters. The van der Waals surface area contributed by atoms with Gasteiger partial charge >= 0.3 is 0 Å². The van der Waals surface area contributed by atoms with E-state index in [0.29, 0.717) is 0 Å². The Morgan fingerprint density at radius 1 is 0.583 bits per heavy atom. The molecule has 0 heterocycles. The first-order valence-electron chi connectivity index (χ1n) is 8.71. The molecule has 4 nitrogen and oxygen atoms in total. The molecule has 0 aromatic heterocycles. The van der Waals surface area contributed by atoms with Gasteiger partial charge in [-0.15, -0.1) is 0 Å². The molecule has 0 aliphatic heterocycles. The summed E-state index contributed by atoms with van der Waals surface area (Å²) in [5.41, 5.74) is 29.5. The van der Waals surface area contributed by atoms with Gasteiger partial charge in [-0.25, -0.2) is 0 Å². The highest BCUT2D eigenvalue weighted by molar-refractivity contribution is 5.37. The second-order valence-corrected chi connectivity index (χ2v) is 7.61. The first kappa shape index (κ1) is 15.8. The van der Waals surface area contributed by atoms with Crippen molar-refractivity contribution in [3.63, 3.8) is 0 Å². The summed E-state index contributed by atoms with van der Waals surface area (Å²) >= 11 is 0. The summed E-state index contributed by atoms with van der Waals surface area (Å²) in [4.78, 5) is 0. The van der Waals surface area contributed by atoms with Crippen LogP contribution in [-0.4, -0.2) is 0 Å². The van der Waals surface area contributed by atoms with Gasteiger partial charge in [0.25, 0.3) is 0 Å². The number of hydrogen-bond donors (Lipinski definition) is 4. The van der Waals surface area contributed by atoms with E-state index in [1.807, 2.05) is 0 Å². The second-order valence-electron chi connectivity index (χ2n) is 7.61. The van der Waals surface area contributed by atoms with Crippen molar-refractivity contribution in [3.8, 4) is 0 Å². The molecule has 2 aliphatic carbocycles. The lowest BCUT2D eigenvalue weighted by molar-refractivity contribution is 0.573. The van der Waals surface area contributed by atoms with E-state index in [2.05, 4.69) is 48.5 Å². The fourth-order valence-corrected chi connectivity index (χ4v) is 3.34. The van der Waals surface area contributed by atoms with Crippen molar-refractivity contribution in [1.82, 2.24) is 0 Å². The van der Waals surface area contributed by atoms with Crippen molar-refractivity contribution in [3.05, 3.63) is 70.8 Å². The average molecular weight is 322 g/mol. The Balaban J connectivity index is 1.49. The van der Waals surface area contributed by atoms with E-state index in [-0.39, 0.29) is 23.2 Å². The van der Waals surface area contributed by atoms with Crippen molar-refractivity contribution in [2.75, 3.05) is 0 Å². The fourth-order valence-electron chi connectivity index (χ4n) is 3.34. The molecule has 0 saturated heterocycles. The monoisotopic (exact) mass is 322 g/mol. The van der Waals surface area contributed by atoms with E-state index in [1.54, 1.807) is 0 Å². The van der Waals surface area contributed by atoms with Gasteiger partial charge in [-0.05, 0) is 47.9 Å². The molecule has 2 aromatic rings. The highest BCUT2D eigenvalue weighted by Crippen LogP contribution is 2.43. The van der Waals surface area contributed by atoms with Crippen LogP contribution in [0.5, 0.6) is 0 Å². The van der Waals surface area contributed by atoms with Gasteiger partial charge in [0, 0.05) is 23.2 Å². The van der Waals surface area contributed by atoms with Crippen LogP contribution in [0.25, 0.3) is 0 Å². The zero-order valence-electron chi connectivity index (χ0n) is 13.9. The van der Waals surface area contributed by atoms with E-state index >= 15 is 0 Å². The number of hydrogen-bond acceptors (Lipinski definition) is 4. The maximum atomic E-state index is 6.40. The number of rotatable bonds is 5. The Morgan fingerprint density at radius 3 is 1.12 bits per heavy atom. The molecule has 0 unspecified atom stereocenters. The standard InChI is InChI=1S/C20H26N4/c21-17(13-1-5-15(6-2-13)19(23)9-10-19)18(22)14-3-7-16(8-4-14)20(24)11-12-20/h1-8,17-18H,9-12,21-24H2/t17-,18-/m0/s1. The Hall–Kier alpha value is -1.72. The molecule has 2 aliphatic rings. The van der Waals surface area contributed by atoms with Crippen molar-refractivity contribution >= 4 is 0 Å². The molecule has 0 bridgehead atoms. The summed E-state index contributed by atoms with van der Waals surface area (Å²) in [5, 5.41) is 0. The normalized spacial score (nSPS) is 22.7. The third-order valence-corrected chi connectivity index (χ3v) is 5.71. The Bertz CT molecular complexity index is 662. The summed E-state index contributed by atoms with van der Waals surface area (Å²) in [6.07, 6.45) is 4.25. The molecule has 4 rings (SSSR count). The highest BCUT2D eigenvalue weighted by Gasteiger charge is 2.40. The number of benzene rings is 2. The Morgan fingerprint density at radius 2 is 0.875 bits per heavy atom. The Labute approximate surface area is 143 Å². The smallest absolute Gasteiger partial charge is 0.0491 e. The van der Waals surface area contributed by atoms with Gasteiger partial charge in [0.05, 0.1) is 0 Å². The molecule has 0 radical (unpaired) electrons. The van der Waals surface area contributed by atoms with E-state index in [1.165, 1.54) is 11.1 Å². The summed E-state index contributed by atoms with van der Waals surface area (Å²) in [7, 11) is 0.